The van der Waals surface area contributed by atoms with Crippen LogP contribution in [0.1, 0.15) is 27.3 Å². The molecule has 0 saturated carbocycles. The number of aromatic nitrogens is 2. The quantitative estimate of drug-likeness (QED) is 0.312. The average Bonchev–Trinajstić information content (AvgIpc) is 3.09. The number of methoxy groups -OCH3 is 2. The molecule has 1 heterocycles. The van der Waals surface area contributed by atoms with Crippen LogP contribution in [0.5, 0.6) is 11.5 Å². The predicted octanol–water partition coefficient (Wildman–Crippen LogP) is 3.95. The van der Waals surface area contributed by atoms with E-state index in [1.807, 2.05) is 48.9 Å². The summed E-state index contributed by atoms with van der Waals surface area (Å²) in [5.41, 5.74) is 3.81. The summed E-state index contributed by atoms with van der Waals surface area (Å²) in [6.07, 6.45) is 2.95. The van der Waals surface area contributed by atoms with Gasteiger partial charge in [-0.05, 0) is 50.3 Å². The van der Waals surface area contributed by atoms with Crippen LogP contribution in [0.3, 0.4) is 0 Å². The Hall–Kier alpha value is -3.87. The summed E-state index contributed by atoms with van der Waals surface area (Å²) in [4.78, 5) is 24.5. The number of aryl methyl sites for hydroxylation is 1. The summed E-state index contributed by atoms with van der Waals surface area (Å²) in [6.45, 7) is 3.43. The Morgan fingerprint density at radius 2 is 1.71 bits per heavy atom. The van der Waals surface area contributed by atoms with Crippen molar-refractivity contribution >= 4 is 17.8 Å². The van der Waals surface area contributed by atoms with Crippen LogP contribution in [0.25, 0.3) is 11.8 Å². The Kier molecular flexibility index (Phi) is 6.87. The molecule has 0 aliphatic carbocycles. The topological polar surface area (TPSA) is 79.7 Å². The van der Waals surface area contributed by atoms with E-state index in [1.165, 1.54) is 20.3 Å². The van der Waals surface area contributed by atoms with Crippen LogP contribution in [0.4, 0.5) is 0 Å². The van der Waals surface area contributed by atoms with Gasteiger partial charge in [0.25, 0.3) is 0 Å². The normalized spacial score (nSPS) is 10.8. The number of hydrogen-bond acceptors (Lipinski definition) is 6. The molecular weight excluding hydrogens is 396 g/mol. The molecule has 0 fully saturated rings. The van der Waals surface area contributed by atoms with E-state index in [2.05, 4.69) is 5.10 Å². The van der Waals surface area contributed by atoms with Gasteiger partial charge in [0.15, 0.2) is 23.9 Å². The van der Waals surface area contributed by atoms with Crippen molar-refractivity contribution in [2.75, 3.05) is 20.8 Å². The van der Waals surface area contributed by atoms with E-state index in [0.29, 0.717) is 17.1 Å². The Morgan fingerprint density at radius 1 is 1.00 bits per heavy atom. The van der Waals surface area contributed by atoms with Gasteiger partial charge in [-0.15, -0.1) is 0 Å². The Balaban J connectivity index is 1.65. The minimum Gasteiger partial charge on any atom is -0.493 e. The summed E-state index contributed by atoms with van der Waals surface area (Å²) in [6, 6.07) is 14.5. The number of carbonyl (C=O) groups is 2. The minimum absolute atomic E-state index is 0.341. The second-order valence-electron chi connectivity index (χ2n) is 6.77. The molecule has 0 aliphatic heterocycles. The molecule has 3 rings (SSSR count). The highest BCUT2D eigenvalue weighted by Crippen LogP contribution is 2.27. The van der Waals surface area contributed by atoms with E-state index in [1.54, 1.807) is 24.3 Å². The van der Waals surface area contributed by atoms with Crippen molar-refractivity contribution in [1.82, 2.24) is 9.78 Å². The molecule has 3 aromatic rings. The molecule has 0 aliphatic rings. The molecule has 1 aromatic heterocycles. The van der Waals surface area contributed by atoms with E-state index < -0.39 is 5.97 Å². The molecule has 0 bridgehead atoms. The van der Waals surface area contributed by atoms with E-state index in [4.69, 9.17) is 14.2 Å². The van der Waals surface area contributed by atoms with Gasteiger partial charge < -0.3 is 14.2 Å². The molecule has 0 amide bonds. The van der Waals surface area contributed by atoms with Crippen LogP contribution in [0, 0.1) is 13.8 Å². The van der Waals surface area contributed by atoms with Crippen molar-refractivity contribution in [3.63, 3.8) is 0 Å². The summed E-state index contributed by atoms with van der Waals surface area (Å²) in [5, 5.41) is 4.54. The second-order valence-corrected chi connectivity index (χ2v) is 6.77. The fourth-order valence-electron chi connectivity index (χ4n) is 3.15. The van der Waals surface area contributed by atoms with Crippen LogP contribution < -0.4 is 9.47 Å². The number of ketones is 1. The van der Waals surface area contributed by atoms with E-state index in [-0.39, 0.29) is 12.4 Å². The van der Waals surface area contributed by atoms with Crippen molar-refractivity contribution < 1.29 is 23.8 Å². The van der Waals surface area contributed by atoms with Crippen molar-refractivity contribution in [1.29, 1.82) is 0 Å². The van der Waals surface area contributed by atoms with Gasteiger partial charge in [0.05, 0.1) is 25.6 Å². The zero-order valence-corrected chi connectivity index (χ0v) is 17.9. The molecule has 7 heteroatoms. The Morgan fingerprint density at radius 3 is 2.39 bits per heavy atom. The second kappa shape index (κ2) is 9.75. The van der Waals surface area contributed by atoms with E-state index in [0.717, 1.165) is 22.6 Å². The number of nitrogens with zero attached hydrogens (tertiary/aromatic N) is 2. The molecule has 0 atom stereocenters. The minimum atomic E-state index is -0.611. The molecule has 160 valence electrons. The molecule has 0 spiro atoms. The number of benzene rings is 2. The Labute approximate surface area is 180 Å². The third-order valence-electron chi connectivity index (χ3n) is 4.79. The maximum absolute atomic E-state index is 12.3. The number of Topliss-reactive ketones (excluding diaryl/α,β-unsaturated/α-hetero) is 1. The maximum atomic E-state index is 12.3. The van der Waals surface area contributed by atoms with Gasteiger partial charge >= 0.3 is 5.97 Å². The van der Waals surface area contributed by atoms with Gasteiger partial charge in [-0.1, -0.05) is 18.2 Å². The van der Waals surface area contributed by atoms with Crippen molar-refractivity contribution in [3.05, 3.63) is 77.1 Å². The first kappa shape index (κ1) is 21.8. The van der Waals surface area contributed by atoms with Gasteiger partial charge in [0, 0.05) is 22.9 Å². The first-order valence-electron chi connectivity index (χ1n) is 9.66. The number of ether oxygens (including phenoxy) is 3. The van der Waals surface area contributed by atoms with Crippen molar-refractivity contribution in [2.24, 2.45) is 0 Å². The molecule has 7 nitrogen and oxygen atoms in total. The van der Waals surface area contributed by atoms with Gasteiger partial charge in [0.2, 0.25) is 0 Å². The van der Waals surface area contributed by atoms with Crippen LogP contribution in [-0.2, 0) is 9.53 Å². The molecule has 0 saturated heterocycles. The summed E-state index contributed by atoms with van der Waals surface area (Å²) < 4.78 is 17.3. The summed E-state index contributed by atoms with van der Waals surface area (Å²) >= 11 is 0. The monoisotopic (exact) mass is 420 g/mol. The Bertz CT molecular complexity index is 1120. The summed E-state index contributed by atoms with van der Waals surface area (Å²) in [7, 11) is 3.00. The zero-order chi connectivity index (χ0) is 22.4. The predicted molar refractivity (Wildman–Crippen MR) is 117 cm³/mol. The van der Waals surface area contributed by atoms with E-state index >= 15 is 0 Å². The van der Waals surface area contributed by atoms with Crippen molar-refractivity contribution in [2.45, 2.75) is 13.8 Å². The molecule has 0 radical (unpaired) electrons. The first-order chi connectivity index (χ1) is 14.9. The molecule has 2 aromatic carbocycles. The highest BCUT2D eigenvalue weighted by atomic mass is 16.5. The lowest BCUT2D eigenvalue weighted by Crippen LogP contribution is -2.12. The fourth-order valence-corrected chi connectivity index (χ4v) is 3.15. The van der Waals surface area contributed by atoms with Gasteiger partial charge in [-0.3, -0.25) is 4.79 Å². The van der Waals surface area contributed by atoms with Crippen LogP contribution in [-0.4, -0.2) is 42.4 Å². The van der Waals surface area contributed by atoms with Gasteiger partial charge in [-0.25, -0.2) is 9.48 Å². The fraction of sp³-hybridized carbons (Fsp3) is 0.208. The molecule has 0 N–H and O–H groups in total. The lowest BCUT2D eigenvalue weighted by molar-refractivity contribution is -0.136. The molecule has 31 heavy (non-hydrogen) atoms. The standard InChI is InChI=1S/C24H24N2O5/c1-16-20(17(2)26(25-16)19-8-6-5-7-9-19)11-13-24(28)31-15-21(27)18-10-12-22(29-3)23(14-18)30-4/h5-14H,15H2,1-4H3. The number of carbonyl (C=O) groups excluding carboxylic acids is 2. The lowest BCUT2D eigenvalue weighted by Gasteiger charge is -2.09. The van der Waals surface area contributed by atoms with Crippen LogP contribution >= 0.6 is 0 Å². The molecule has 0 unspecified atom stereocenters. The number of hydrogen-bond donors (Lipinski definition) is 0. The maximum Gasteiger partial charge on any atom is 0.331 e. The average molecular weight is 420 g/mol. The van der Waals surface area contributed by atoms with Crippen LogP contribution in [0.15, 0.2) is 54.6 Å². The highest BCUT2D eigenvalue weighted by molar-refractivity contribution is 5.99. The smallest absolute Gasteiger partial charge is 0.331 e. The largest absolute Gasteiger partial charge is 0.493 e. The van der Waals surface area contributed by atoms with Crippen molar-refractivity contribution in [3.8, 4) is 17.2 Å². The van der Waals surface area contributed by atoms with Crippen LogP contribution in [0.2, 0.25) is 0 Å². The number of rotatable bonds is 8. The third-order valence-corrected chi connectivity index (χ3v) is 4.79. The zero-order valence-electron chi connectivity index (χ0n) is 17.9. The third kappa shape index (κ3) is 5.01. The number of esters is 1. The van der Waals surface area contributed by atoms with Gasteiger partial charge in [0.1, 0.15) is 0 Å². The number of para-hydroxylation sites is 1. The first-order valence-corrected chi connectivity index (χ1v) is 9.66. The SMILES string of the molecule is COc1ccc(C(=O)COC(=O)C=Cc2c(C)nn(-c3ccccc3)c2C)cc1OC. The lowest BCUT2D eigenvalue weighted by atomic mass is 10.1. The van der Waals surface area contributed by atoms with Gasteiger partial charge in [-0.2, -0.15) is 5.10 Å². The summed E-state index contributed by atoms with van der Waals surface area (Å²) in [5.74, 6) is -0.00577. The van der Waals surface area contributed by atoms with E-state index in [9.17, 15) is 9.59 Å². The highest BCUT2D eigenvalue weighted by Gasteiger charge is 2.14. The molecular formula is C24H24N2O5.